The lowest BCUT2D eigenvalue weighted by atomic mass is 9.95. The molecule has 0 spiro atoms. The van der Waals surface area contributed by atoms with Crippen molar-refractivity contribution in [2.24, 2.45) is 0 Å². The van der Waals surface area contributed by atoms with Crippen LogP contribution in [0.15, 0.2) is 54.1 Å². The van der Waals surface area contributed by atoms with E-state index in [0.29, 0.717) is 5.56 Å². The molecule has 1 heterocycles. The Kier molecular flexibility index (Phi) is 7.10. The molecule has 2 aromatic rings. The number of benzene rings is 2. The van der Waals surface area contributed by atoms with Gasteiger partial charge in [0.05, 0.1) is 41.3 Å². The molecule has 172 valence electrons. The van der Waals surface area contributed by atoms with Gasteiger partial charge in [-0.05, 0) is 29.8 Å². The Morgan fingerprint density at radius 3 is 2.00 bits per heavy atom. The third-order valence-corrected chi connectivity index (χ3v) is 5.02. The van der Waals surface area contributed by atoms with Crippen molar-refractivity contribution in [1.82, 2.24) is 4.90 Å². The molecule has 1 atom stereocenters. The molecule has 33 heavy (non-hydrogen) atoms. The summed E-state index contributed by atoms with van der Waals surface area (Å²) < 4.78 is 5.19. The van der Waals surface area contributed by atoms with Crippen LogP contribution >= 0.6 is 0 Å². The summed E-state index contributed by atoms with van der Waals surface area (Å²) in [4.78, 5) is 47.4. The van der Waals surface area contributed by atoms with E-state index in [9.17, 15) is 34.9 Å². The number of aliphatic hydroxyl groups excluding tert-OH is 2. The van der Waals surface area contributed by atoms with E-state index in [1.54, 1.807) is 0 Å². The second-order valence-electron chi connectivity index (χ2n) is 6.98. The van der Waals surface area contributed by atoms with E-state index in [-0.39, 0.29) is 48.9 Å². The molecule has 1 aliphatic heterocycles. The largest absolute Gasteiger partial charge is 0.507 e. The molecule has 0 radical (unpaired) electrons. The van der Waals surface area contributed by atoms with E-state index in [1.807, 2.05) is 0 Å². The number of Topliss-reactive ketones (excluding diaryl/α,β-unsaturated/α-hetero) is 1. The highest BCUT2D eigenvalue weighted by atomic mass is 16.6. The van der Waals surface area contributed by atoms with E-state index < -0.39 is 33.3 Å². The number of likely N-dealkylation sites (tertiary alicyclic amines) is 1. The maximum absolute atomic E-state index is 12.8. The number of rotatable bonds is 9. The van der Waals surface area contributed by atoms with Gasteiger partial charge in [-0.25, -0.2) is 0 Å². The van der Waals surface area contributed by atoms with Crippen LogP contribution in [0, 0.1) is 20.2 Å². The van der Waals surface area contributed by atoms with Crippen LogP contribution in [-0.2, 0) is 14.3 Å². The number of ketones is 1. The fourth-order valence-corrected chi connectivity index (χ4v) is 3.46. The molecule has 0 unspecified atom stereocenters. The van der Waals surface area contributed by atoms with Crippen molar-refractivity contribution in [3.8, 4) is 0 Å². The molecule has 2 N–H and O–H groups in total. The average molecular weight is 457 g/mol. The van der Waals surface area contributed by atoms with Crippen LogP contribution in [-0.4, -0.2) is 63.0 Å². The van der Waals surface area contributed by atoms with Gasteiger partial charge < -0.3 is 19.8 Å². The highest BCUT2D eigenvalue weighted by Gasteiger charge is 2.46. The van der Waals surface area contributed by atoms with Crippen molar-refractivity contribution in [2.45, 2.75) is 6.04 Å². The number of ether oxygens (including phenoxy) is 1. The monoisotopic (exact) mass is 457 g/mol. The van der Waals surface area contributed by atoms with Crippen molar-refractivity contribution in [1.29, 1.82) is 0 Å². The summed E-state index contributed by atoms with van der Waals surface area (Å²) in [6, 6.07) is 8.89. The molecule has 0 aliphatic carbocycles. The van der Waals surface area contributed by atoms with Gasteiger partial charge in [-0.3, -0.25) is 29.8 Å². The molecule has 1 amide bonds. The summed E-state index contributed by atoms with van der Waals surface area (Å²) in [5, 5.41) is 41.6. The van der Waals surface area contributed by atoms with Gasteiger partial charge in [0, 0.05) is 36.4 Å². The first-order valence-corrected chi connectivity index (χ1v) is 9.72. The number of nitro groups is 2. The third kappa shape index (κ3) is 4.86. The molecule has 2 aromatic carbocycles. The smallest absolute Gasteiger partial charge is 0.295 e. The number of nitro benzene ring substituents is 2. The maximum Gasteiger partial charge on any atom is 0.295 e. The number of carbonyl (C=O) groups is 2. The van der Waals surface area contributed by atoms with Gasteiger partial charge in [0.2, 0.25) is 0 Å². The Hall–Kier alpha value is -4.16. The predicted octanol–water partition coefficient (Wildman–Crippen LogP) is 1.93. The molecular weight excluding hydrogens is 438 g/mol. The Labute approximate surface area is 186 Å². The van der Waals surface area contributed by atoms with Gasteiger partial charge in [0.25, 0.3) is 23.1 Å². The van der Waals surface area contributed by atoms with Crippen molar-refractivity contribution < 1.29 is 34.4 Å². The van der Waals surface area contributed by atoms with Gasteiger partial charge in [0.15, 0.2) is 0 Å². The minimum absolute atomic E-state index is 0.00532. The highest BCUT2D eigenvalue weighted by molar-refractivity contribution is 6.46. The lowest BCUT2D eigenvalue weighted by Gasteiger charge is -2.25. The standard InChI is InChI=1S/C21H19N3O9/c25-10-12-33-11-9-22-18(13-1-5-15(6-2-13)23(29)30)17(20(27)21(22)28)19(26)14-3-7-16(8-4-14)24(31)32/h1-8,18,25-26H,9-12H2/t18-/m1/s1. The van der Waals surface area contributed by atoms with E-state index in [1.165, 1.54) is 36.4 Å². The maximum atomic E-state index is 12.8. The molecule has 0 bridgehead atoms. The zero-order valence-corrected chi connectivity index (χ0v) is 17.1. The fourth-order valence-electron chi connectivity index (χ4n) is 3.46. The van der Waals surface area contributed by atoms with Crippen LogP contribution in [0.4, 0.5) is 11.4 Å². The Morgan fingerprint density at radius 2 is 1.48 bits per heavy atom. The molecule has 1 aliphatic rings. The summed E-state index contributed by atoms with van der Waals surface area (Å²) >= 11 is 0. The topological polar surface area (TPSA) is 173 Å². The normalized spacial score (nSPS) is 17.4. The van der Waals surface area contributed by atoms with Crippen LogP contribution in [0.3, 0.4) is 0 Å². The first-order valence-electron chi connectivity index (χ1n) is 9.72. The van der Waals surface area contributed by atoms with Crippen molar-refractivity contribution in [3.05, 3.63) is 85.5 Å². The number of aliphatic hydroxyl groups is 2. The SMILES string of the molecule is O=C1C(=O)N(CCOCCO)[C@H](c2ccc([N+](=O)[O-])cc2)C1=C(O)c1ccc([N+](=O)[O-])cc1. The van der Waals surface area contributed by atoms with Crippen molar-refractivity contribution >= 4 is 28.8 Å². The lowest BCUT2D eigenvalue weighted by molar-refractivity contribution is -0.385. The number of carbonyl (C=O) groups excluding carboxylic acids is 2. The summed E-state index contributed by atoms with van der Waals surface area (Å²) in [5.41, 5.74) is -0.255. The highest BCUT2D eigenvalue weighted by Crippen LogP contribution is 2.39. The van der Waals surface area contributed by atoms with Crippen LogP contribution < -0.4 is 0 Å². The van der Waals surface area contributed by atoms with Crippen molar-refractivity contribution in [3.63, 3.8) is 0 Å². The Balaban J connectivity index is 2.07. The second-order valence-corrected chi connectivity index (χ2v) is 6.98. The molecule has 0 saturated carbocycles. The zero-order chi connectivity index (χ0) is 24.1. The molecule has 12 heteroatoms. The van der Waals surface area contributed by atoms with Gasteiger partial charge in [-0.1, -0.05) is 0 Å². The van der Waals surface area contributed by atoms with Gasteiger partial charge in [0.1, 0.15) is 5.76 Å². The van der Waals surface area contributed by atoms with Crippen LogP contribution in [0.5, 0.6) is 0 Å². The van der Waals surface area contributed by atoms with E-state index in [0.717, 1.165) is 17.0 Å². The number of hydrogen-bond donors (Lipinski definition) is 2. The van der Waals surface area contributed by atoms with Crippen LogP contribution in [0.1, 0.15) is 17.2 Å². The quantitative estimate of drug-likeness (QED) is 0.142. The second kappa shape index (κ2) is 9.97. The Bertz CT molecular complexity index is 1110. The molecule has 12 nitrogen and oxygen atoms in total. The molecule has 0 aromatic heterocycles. The summed E-state index contributed by atoms with van der Waals surface area (Å²) in [6.07, 6.45) is 0. The third-order valence-electron chi connectivity index (χ3n) is 5.02. The summed E-state index contributed by atoms with van der Waals surface area (Å²) in [6.45, 7) is -0.266. The fraction of sp³-hybridized carbons (Fsp3) is 0.238. The van der Waals surface area contributed by atoms with Gasteiger partial charge in [-0.2, -0.15) is 0 Å². The number of hydrogen-bond acceptors (Lipinski definition) is 9. The van der Waals surface area contributed by atoms with Crippen molar-refractivity contribution in [2.75, 3.05) is 26.4 Å². The van der Waals surface area contributed by atoms with Crippen LogP contribution in [0.25, 0.3) is 5.76 Å². The van der Waals surface area contributed by atoms with Gasteiger partial charge >= 0.3 is 0 Å². The first kappa shape index (κ1) is 23.5. The molecule has 1 saturated heterocycles. The first-order chi connectivity index (χ1) is 15.8. The van der Waals surface area contributed by atoms with E-state index in [2.05, 4.69) is 0 Å². The summed E-state index contributed by atoms with van der Waals surface area (Å²) in [7, 11) is 0. The van der Waals surface area contributed by atoms with Crippen LogP contribution in [0.2, 0.25) is 0 Å². The predicted molar refractivity (Wildman–Crippen MR) is 113 cm³/mol. The Morgan fingerprint density at radius 1 is 0.939 bits per heavy atom. The number of nitrogens with zero attached hydrogens (tertiary/aromatic N) is 3. The van der Waals surface area contributed by atoms with E-state index in [4.69, 9.17) is 9.84 Å². The minimum Gasteiger partial charge on any atom is -0.507 e. The summed E-state index contributed by atoms with van der Waals surface area (Å²) in [5.74, 6) is -2.42. The number of non-ortho nitro benzene ring substituents is 2. The zero-order valence-electron chi connectivity index (χ0n) is 17.1. The molecular formula is C21H19N3O9. The van der Waals surface area contributed by atoms with E-state index >= 15 is 0 Å². The van der Waals surface area contributed by atoms with Gasteiger partial charge in [-0.15, -0.1) is 0 Å². The molecule has 1 fully saturated rings. The average Bonchev–Trinajstić information content (AvgIpc) is 3.06. The molecule has 3 rings (SSSR count). The lowest BCUT2D eigenvalue weighted by Crippen LogP contribution is -2.33. The number of amides is 1. The minimum atomic E-state index is -1.07.